The van der Waals surface area contributed by atoms with Crippen molar-refractivity contribution < 1.29 is 39.0 Å². The number of ether oxygens (including phenoxy) is 2. The van der Waals surface area contributed by atoms with Crippen LogP contribution < -0.4 is 15.8 Å². The molecule has 5 N–H and O–H groups in total. The SMILES string of the molecule is COC(=O)c1ccc(OCC2=C(C(=O)O)N3C(=O)C(NC(=O)/C(=N\O)c4csc(N)n4)[C@H]3SC2)cc1. The Hall–Kier alpha value is -4.11. The molecule has 2 aliphatic rings. The molecular formula is C21H19N5O8S2. The molecule has 188 valence electrons. The van der Waals surface area contributed by atoms with Crippen molar-refractivity contribution in [1.29, 1.82) is 0 Å². The lowest BCUT2D eigenvalue weighted by atomic mass is 10.0. The van der Waals surface area contributed by atoms with Gasteiger partial charge in [0, 0.05) is 16.7 Å². The molecule has 1 unspecified atom stereocenters. The van der Waals surface area contributed by atoms with Gasteiger partial charge in [0.2, 0.25) is 0 Å². The van der Waals surface area contributed by atoms with Crippen molar-refractivity contribution >= 4 is 57.7 Å². The van der Waals surface area contributed by atoms with E-state index in [1.165, 1.54) is 36.4 Å². The first-order valence-electron chi connectivity index (χ1n) is 10.2. The number of thiazole rings is 1. The Labute approximate surface area is 211 Å². The molecule has 2 amide bonds. The van der Waals surface area contributed by atoms with Crippen LogP contribution in [-0.2, 0) is 19.1 Å². The van der Waals surface area contributed by atoms with Gasteiger partial charge in [0.05, 0.1) is 12.7 Å². The number of carbonyl (C=O) groups is 4. The highest BCUT2D eigenvalue weighted by atomic mass is 32.2. The fourth-order valence-corrected chi connectivity index (χ4v) is 5.46. The molecule has 0 aliphatic carbocycles. The Morgan fingerprint density at radius 3 is 2.61 bits per heavy atom. The molecule has 1 aromatic carbocycles. The van der Waals surface area contributed by atoms with Crippen molar-refractivity contribution in [1.82, 2.24) is 15.2 Å². The molecule has 13 nitrogen and oxygen atoms in total. The van der Waals surface area contributed by atoms with Crippen molar-refractivity contribution in [2.75, 3.05) is 25.2 Å². The van der Waals surface area contributed by atoms with Gasteiger partial charge in [0.15, 0.2) is 10.8 Å². The lowest BCUT2D eigenvalue weighted by Crippen LogP contribution is -2.71. The number of carboxylic acid groups (broad SMARTS) is 1. The van der Waals surface area contributed by atoms with Crippen LogP contribution >= 0.6 is 23.1 Å². The molecule has 2 aromatic rings. The third-order valence-corrected chi connectivity index (χ3v) is 7.32. The number of oxime groups is 1. The number of hydrogen-bond acceptors (Lipinski definition) is 12. The molecule has 1 aromatic heterocycles. The quantitative estimate of drug-likeness (QED) is 0.121. The average molecular weight is 534 g/mol. The van der Waals surface area contributed by atoms with Crippen LogP contribution in [0.4, 0.5) is 5.13 Å². The third kappa shape index (κ3) is 4.70. The number of fused-ring (bicyclic) bond motifs is 1. The van der Waals surface area contributed by atoms with Gasteiger partial charge in [-0.25, -0.2) is 14.6 Å². The van der Waals surface area contributed by atoms with Gasteiger partial charge in [0.1, 0.15) is 35.2 Å². The summed E-state index contributed by atoms with van der Waals surface area (Å²) >= 11 is 2.30. The highest BCUT2D eigenvalue weighted by Gasteiger charge is 2.54. The van der Waals surface area contributed by atoms with Crippen LogP contribution in [0.15, 0.2) is 46.1 Å². The lowest BCUT2D eigenvalue weighted by Gasteiger charge is -2.49. The zero-order chi connectivity index (χ0) is 26.0. The van der Waals surface area contributed by atoms with Crippen LogP contribution in [0.5, 0.6) is 5.75 Å². The molecule has 3 heterocycles. The largest absolute Gasteiger partial charge is 0.489 e. The van der Waals surface area contributed by atoms with Gasteiger partial charge in [-0.2, -0.15) is 0 Å². The lowest BCUT2D eigenvalue weighted by molar-refractivity contribution is -0.150. The molecule has 4 rings (SSSR count). The number of hydrogen-bond donors (Lipinski definition) is 4. The van der Waals surface area contributed by atoms with E-state index in [1.807, 2.05) is 0 Å². The first-order chi connectivity index (χ1) is 17.2. The molecule has 0 bridgehead atoms. The van der Waals surface area contributed by atoms with Gasteiger partial charge >= 0.3 is 11.9 Å². The fraction of sp³-hybridized carbons (Fsp3) is 0.238. The summed E-state index contributed by atoms with van der Waals surface area (Å²) in [5, 5.41) is 25.4. The Kier molecular flexibility index (Phi) is 7.12. The average Bonchev–Trinajstić information content (AvgIpc) is 3.31. The minimum Gasteiger partial charge on any atom is -0.489 e. The second kappa shape index (κ2) is 10.2. The Morgan fingerprint density at radius 1 is 1.31 bits per heavy atom. The molecule has 2 aliphatic heterocycles. The van der Waals surface area contributed by atoms with Crippen LogP contribution in [0.2, 0.25) is 0 Å². The van der Waals surface area contributed by atoms with Gasteiger partial charge < -0.3 is 30.8 Å². The van der Waals surface area contributed by atoms with Crippen molar-refractivity contribution in [3.8, 4) is 5.75 Å². The molecule has 36 heavy (non-hydrogen) atoms. The summed E-state index contributed by atoms with van der Waals surface area (Å²) in [6, 6.07) is 5.08. The number of nitrogens with zero attached hydrogens (tertiary/aromatic N) is 3. The van der Waals surface area contributed by atoms with Crippen LogP contribution in [-0.4, -0.2) is 80.5 Å². The molecule has 0 spiro atoms. The Bertz CT molecular complexity index is 1290. The highest BCUT2D eigenvalue weighted by Crippen LogP contribution is 2.40. The van der Waals surface area contributed by atoms with E-state index in [-0.39, 0.29) is 28.9 Å². The van der Waals surface area contributed by atoms with E-state index in [0.29, 0.717) is 16.9 Å². The summed E-state index contributed by atoms with van der Waals surface area (Å²) in [5.41, 5.74) is 5.65. The van der Waals surface area contributed by atoms with Crippen molar-refractivity contribution in [3.05, 3.63) is 52.2 Å². The summed E-state index contributed by atoms with van der Waals surface area (Å²) in [7, 11) is 1.27. The molecule has 1 fully saturated rings. The van der Waals surface area contributed by atoms with E-state index in [9.17, 15) is 29.5 Å². The number of amides is 2. The Morgan fingerprint density at radius 2 is 2.03 bits per heavy atom. The number of anilines is 1. The summed E-state index contributed by atoms with van der Waals surface area (Å²) < 4.78 is 10.3. The number of aliphatic carboxylic acids is 1. The molecule has 15 heteroatoms. The number of β-lactam (4-membered cyclic amide) rings is 1. The normalized spacial score (nSPS) is 19.3. The number of aromatic nitrogens is 1. The number of nitrogens with two attached hydrogens (primary N) is 1. The first-order valence-corrected chi connectivity index (χ1v) is 12.1. The van der Waals surface area contributed by atoms with E-state index >= 15 is 0 Å². The van der Waals surface area contributed by atoms with Crippen molar-refractivity contribution in [2.45, 2.75) is 11.4 Å². The van der Waals surface area contributed by atoms with Gasteiger partial charge in [-0.3, -0.25) is 14.5 Å². The fourth-order valence-electron chi connectivity index (χ4n) is 3.59. The number of esters is 1. The zero-order valence-electron chi connectivity index (χ0n) is 18.5. The predicted octanol–water partition coefficient (Wildman–Crippen LogP) is 0.508. The number of nitrogen functional groups attached to an aromatic ring is 1. The van der Waals surface area contributed by atoms with Crippen LogP contribution in [0.1, 0.15) is 16.1 Å². The van der Waals surface area contributed by atoms with Gasteiger partial charge in [0.25, 0.3) is 11.8 Å². The molecule has 2 atom stereocenters. The number of benzene rings is 1. The highest BCUT2D eigenvalue weighted by molar-refractivity contribution is 8.00. The second-order valence-corrected chi connectivity index (χ2v) is 9.44. The van der Waals surface area contributed by atoms with Crippen molar-refractivity contribution in [2.24, 2.45) is 5.16 Å². The number of carbonyl (C=O) groups excluding carboxylic acids is 3. The van der Waals surface area contributed by atoms with Gasteiger partial charge in [-0.15, -0.1) is 23.1 Å². The van der Waals surface area contributed by atoms with E-state index in [4.69, 9.17) is 10.5 Å². The van der Waals surface area contributed by atoms with Crippen LogP contribution in [0, 0.1) is 0 Å². The first kappa shape index (κ1) is 25.0. The number of methoxy groups -OCH3 is 1. The topological polar surface area (TPSA) is 194 Å². The maximum absolute atomic E-state index is 12.8. The van der Waals surface area contributed by atoms with Crippen LogP contribution in [0.25, 0.3) is 0 Å². The maximum Gasteiger partial charge on any atom is 0.352 e. The maximum atomic E-state index is 12.8. The van der Waals surface area contributed by atoms with Crippen molar-refractivity contribution in [3.63, 3.8) is 0 Å². The molecular weight excluding hydrogens is 514 g/mol. The summed E-state index contributed by atoms with van der Waals surface area (Å²) in [4.78, 5) is 54.0. The number of thioether (sulfide) groups is 1. The van der Waals surface area contributed by atoms with Crippen LogP contribution in [0.3, 0.4) is 0 Å². The summed E-state index contributed by atoms with van der Waals surface area (Å²) in [6.07, 6.45) is 0. The van der Waals surface area contributed by atoms with E-state index in [2.05, 4.69) is 20.2 Å². The monoisotopic (exact) mass is 533 g/mol. The van der Waals surface area contributed by atoms with Gasteiger partial charge in [-0.05, 0) is 24.3 Å². The Balaban J connectivity index is 1.45. The predicted molar refractivity (Wildman–Crippen MR) is 128 cm³/mol. The second-order valence-electron chi connectivity index (χ2n) is 7.44. The van der Waals surface area contributed by atoms with Gasteiger partial charge in [-0.1, -0.05) is 5.16 Å². The summed E-state index contributed by atoms with van der Waals surface area (Å²) in [6.45, 7) is -0.105. The number of carboxylic acids is 1. The third-order valence-electron chi connectivity index (χ3n) is 5.30. The molecule has 0 radical (unpaired) electrons. The van der Waals surface area contributed by atoms with E-state index < -0.39 is 40.9 Å². The molecule has 1 saturated heterocycles. The minimum atomic E-state index is -1.31. The summed E-state index contributed by atoms with van der Waals surface area (Å²) in [5.74, 6) is -2.68. The minimum absolute atomic E-state index is 0.0441. The zero-order valence-corrected chi connectivity index (χ0v) is 20.2. The number of rotatable bonds is 8. The standard InChI is InChI=1S/C21H19N5O8S2/c1-33-20(31)9-2-4-11(5-3-9)34-6-10-7-35-18-14(17(28)26(18)15(10)19(29)30)24-16(27)13(25-32)12-8-36-21(22)23-12/h2-5,8,14,18,32H,6-7H2,1H3,(H2,22,23)(H,24,27)(H,29,30)/b25-13-/t14?,18-/m1/s1. The van der Waals surface area contributed by atoms with E-state index in [1.54, 1.807) is 12.1 Å². The van der Waals surface area contributed by atoms with E-state index in [0.717, 1.165) is 16.2 Å². The smallest absolute Gasteiger partial charge is 0.352 e. The molecule has 0 saturated carbocycles. The number of nitrogens with one attached hydrogen (secondary N) is 1.